The summed E-state index contributed by atoms with van der Waals surface area (Å²) in [6, 6.07) is 0.980. The smallest absolute Gasteiger partial charge is 0.0208 e. The first-order chi connectivity index (χ1) is 4.33. The van der Waals surface area contributed by atoms with E-state index < -0.39 is 0 Å². The summed E-state index contributed by atoms with van der Waals surface area (Å²) in [6.45, 7) is 2.01. The minimum Gasteiger partial charge on any atom is -0.326 e. The summed E-state index contributed by atoms with van der Waals surface area (Å²) in [6.07, 6.45) is 1.11. The fraction of sp³-hybridized carbons (Fsp3) is 1.00. The van der Waals surface area contributed by atoms with Crippen LogP contribution in [-0.2, 0) is 0 Å². The minimum absolute atomic E-state index is 0.378. The number of hydrogen-bond acceptors (Lipinski definition) is 3. The normalized spacial score (nSPS) is 35.3. The van der Waals surface area contributed by atoms with Gasteiger partial charge < -0.3 is 16.4 Å². The van der Waals surface area contributed by atoms with Gasteiger partial charge in [0.05, 0.1) is 0 Å². The van der Waals surface area contributed by atoms with E-state index in [1.54, 1.807) is 0 Å². The minimum atomic E-state index is 0.378. The Hall–Kier alpha value is -0.120. The fourth-order valence-electron chi connectivity index (χ4n) is 1.25. The van der Waals surface area contributed by atoms with Crippen LogP contribution in [0.2, 0.25) is 0 Å². The lowest BCUT2D eigenvalue weighted by Crippen LogP contribution is -2.31. The molecule has 0 spiro atoms. The largest absolute Gasteiger partial charge is 0.326 e. The van der Waals surface area contributed by atoms with Gasteiger partial charge in [-0.25, -0.2) is 0 Å². The molecule has 1 fully saturated rings. The third kappa shape index (κ3) is 1.93. The van der Waals surface area contributed by atoms with Crippen molar-refractivity contribution in [1.29, 1.82) is 0 Å². The highest BCUT2D eigenvalue weighted by molar-refractivity contribution is 4.84. The summed E-state index contributed by atoms with van der Waals surface area (Å²) < 4.78 is 0. The van der Waals surface area contributed by atoms with Crippen LogP contribution in [0.3, 0.4) is 0 Å². The standard InChI is InChI=1S/C6H15N3/c1-8-4-6-2-5(7)3-9-6/h5-6,8-9H,2-4,7H2,1H3. The second-order valence-electron chi connectivity index (χ2n) is 2.66. The Morgan fingerprint density at radius 2 is 2.56 bits per heavy atom. The topological polar surface area (TPSA) is 50.1 Å². The summed E-state index contributed by atoms with van der Waals surface area (Å²) in [5.41, 5.74) is 5.67. The molecule has 0 aromatic carbocycles. The van der Waals surface area contributed by atoms with Gasteiger partial charge in [-0.05, 0) is 13.5 Å². The van der Waals surface area contributed by atoms with Crippen LogP contribution in [0.1, 0.15) is 6.42 Å². The van der Waals surface area contributed by atoms with E-state index in [0.717, 1.165) is 19.5 Å². The molecule has 0 aliphatic carbocycles. The van der Waals surface area contributed by atoms with Crippen molar-refractivity contribution in [2.24, 2.45) is 5.73 Å². The van der Waals surface area contributed by atoms with E-state index >= 15 is 0 Å². The first kappa shape index (κ1) is 6.99. The molecule has 0 aromatic rings. The third-order valence-electron chi connectivity index (χ3n) is 1.71. The van der Waals surface area contributed by atoms with Gasteiger partial charge in [-0.3, -0.25) is 0 Å². The van der Waals surface area contributed by atoms with Crippen LogP contribution in [-0.4, -0.2) is 32.2 Å². The molecular formula is C6H15N3. The van der Waals surface area contributed by atoms with Crippen molar-refractivity contribution in [3.8, 4) is 0 Å². The van der Waals surface area contributed by atoms with Gasteiger partial charge in [0, 0.05) is 25.2 Å². The quantitative estimate of drug-likeness (QED) is 0.443. The Morgan fingerprint density at radius 1 is 1.78 bits per heavy atom. The molecule has 3 heteroatoms. The van der Waals surface area contributed by atoms with Crippen molar-refractivity contribution in [3.63, 3.8) is 0 Å². The molecule has 1 saturated heterocycles. The van der Waals surface area contributed by atoms with Crippen LogP contribution in [0.4, 0.5) is 0 Å². The molecule has 1 aliphatic heterocycles. The molecule has 0 radical (unpaired) electrons. The van der Waals surface area contributed by atoms with Gasteiger partial charge in [-0.2, -0.15) is 0 Å². The zero-order valence-electron chi connectivity index (χ0n) is 5.85. The monoisotopic (exact) mass is 129 g/mol. The van der Waals surface area contributed by atoms with E-state index in [1.807, 2.05) is 7.05 Å². The Balaban J connectivity index is 2.14. The Bertz CT molecular complexity index is 82.4. The van der Waals surface area contributed by atoms with Gasteiger partial charge in [-0.15, -0.1) is 0 Å². The second-order valence-corrected chi connectivity index (χ2v) is 2.66. The lowest BCUT2D eigenvalue weighted by Gasteiger charge is -2.07. The molecule has 1 rings (SSSR count). The maximum Gasteiger partial charge on any atom is 0.0208 e. The van der Waals surface area contributed by atoms with Crippen molar-refractivity contribution in [3.05, 3.63) is 0 Å². The fourth-order valence-corrected chi connectivity index (χ4v) is 1.25. The molecule has 1 heterocycles. The van der Waals surface area contributed by atoms with Crippen molar-refractivity contribution >= 4 is 0 Å². The molecule has 0 saturated carbocycles. The lowest BCUT2D eigenvalue weighted by molar-refractivity contribution is 0.563. The van der Waals surface area contributed by atoms with E-state index in [9.17, 15) is 0 Å². The molecule has 1 aliphatic rings. The Kier molecular flexibility index (Phi) is 2.45. The number of rotatable bonds is 2. The third-order valence-corrected chi connectivity index (χ3v) is 1.71. The van der Waals surface area contributed by atoms with Crippen molar-refractivity contribution in [2.45, 2.75) is 18.5 Å². The molecule has 2 atom stereocenters. The van der Waals surface area contributed by atoms with Gasteiger partial charge in [-0.1, -0.05) is 0 Å². The van der Waals surface area contributed by atoms with Crippen LogP contribution in [0.15, 0.2) is 0 Å². The molecule has 0 amide bonds. The predicted octanol–water partition coefficient (Wildman–Crippen LogP) is -1.10. The van der Waals surface area contributed by atoms with E-state index in [-0.39, 0.29) is 0 Å². The van der Waals surface area contributed by atoms with Gasteiger partial charge in [0.25, 0.3) is 0 Å². The summed E-state index contributed by atoms with van der Waals surface area (Å²) in [5.74, 6) is 0. The Labute approximate surface area is 56.0 Å². The van der Waals surface area contributed by atoms with Crippen LogP contribution in [0.5, 0.6) is 0 Å². The number of likely N-dealkylation sites (N-methyl/N-ethyl adjacent to an activating group) is 1. The van der Waals surface area contributed by atoms with Crippen molar-refractivity contribution in [1.82, 2.24) is 10.6 Å². The highest BCUT2D eigenvalue weighted by Crippen LogP contribution is 2.01. The van der Waals surface area contributed by atoms with Gasteiger partial charge in [0.2, 0.25) is 0 Å². The highest BCUT2D eigenvalue weighted by atomic mass is 15.0. The molecule has 4 N–H and O–H groups in total. The van der Waals surface area contributed by atoms with E-state index in [2.05, 4.69) is 10.6 Å². The lowest BCUT2D eigenvalue weighted by atomic mass is 10.2. The molecule has 0 bridgehead atoms. The number of nitrogens with two attached hydrogens (primary N) is 1. The molecule has 3 nitrogen and oxygen atoms in total. The summed E-state index contributed by atoms with van der Waals surface area (Å²) in [7, 11) is 1.96. The molecular weight excluding hydrogens is 114 g/mol. The summed E-state index contributed by atoms with van der Waals surface area (Å²) in [4.78, 5) is 0. The van der Waals surface area contributed by atoms with E-state index in [0.29, 0.717) is 12.1 Å². The summed E-state index contributed by atoms with van der Waals surface area (Å²) >= 11 is 0. The number of hydrogen-bond donors (Lipinski definition) is 3. The number of nitrogens with one attached hydrogen (secondary N) is 2. The zero-order chi connectivity index (χ0) is 6.69. The van der Waals surface area contributed by atoms with Crippen molar-refractivity contribution < 1.29 is 0 Å². The maximum atomic E-state index is 5.67. The highest BCUT2D eigenvalue weighted by Gasteiger charge is 2.19. The molecule has 54 valence electrons. The SMILES string of the molecule is CNCC1CC(N)CN1. The second kappa shape index (κ2) is 3.15. The van der Waals surface area contributed by atoms with Gasteiger partial charge in [0.1, 0.15) is 0 Å². The molecule has 0 aromatic heterocycles. The van der Waals surface area contributed by atoms with E-state index in [4.69, 9.17) is 5.73 Å². The average molecular weight is 129 g/mol. The van der Waals surface area contributed by atoms with Gasteiger partial charge in [0.15, 0.2) is 0 Å². The first-order valence-corrected chi connectivity index (χ1v) is 3.46. The molecule has 9 heavy (non-hydrogen) atoms. The summed E-state index contributed by atoms with van der Waals surface area (Å²) in [5, 5.41) is 6.43. The van der Waals surface area contributed by atoms with Crippen LogP contribution in [0.25, 0.3) is 0 Å². The van der Waals surface area contributed by atoms with Crippen LogP contribution >= 0.6 is 0 Å². The molecule has 2 unspecified atom stereocenters. The predicted molar refractivity (Wildman–Crippen MR) is 38.3 cm³/mol. The zero-order valence-corrected chi connectivity index (χ0v) is 5.85. The Morgan fingerprint density at radius 3 is 3.00 bits per heavy atom. The first-order valence-electron chi connectivity index (χ1n) is 3.46. The van der Waals surface area contributed by atoms with E-state index in [1.165, 1.54) is 0 Å². The maximum absolute atomic E-state index is 5.67. The van der Waals surface area contributed by atoms with Crippen molar-refractivity contribution in [2.75, 3.05) is 20.1 Å². The van der Waals surface area contributed by atoms with Crippen LogP contribution < -0.4 is 16.4 Å². The van der Waals surface area contributed by atoms with Crippen LogP contribution in [0, 0.1) is 0 Å². The average Bonchev–Trinajstić information content (AvgIpc) is 2.17. The van der Waals surface area contributed by atoms with Gasteiger partial charge >= 0.3 is 0 Å².